The maximum atomic E-state index is 6.35. The second-order valence-corrected chi connectivity index (χ2v) is 7.47. The molecule has 0 bridgehead atoms. The summed E-state index contributed by atoms with van der Waals surface area (Å²) in [4.78, 5) is 0. The first kappa shape index (κ1) is 22.5. The molecule has 0 aliphatic heterocycles. The van der Waals surface area contributed by atoms with Gasteiger partial charge in [-0.15, -0.1) is 17.5 Å². The van der Waals surface area contributed by atoms with E-state index in [1.165, 1.54) is 0 Å². The highest BCUT2D eigenvalue weighted by atomic mass is 35.5. The first-order valence-corrected chi connectivity index (χ1v) is 10.1. The lowest BCUT2D eigenvalue weighted by atomic mass is 10.2. The van der Waals surface area contributed by atoms with E-state index in [0.717, 1.165) is 41.5 Å². The van der Waals surface area contributed by atoms with Crippen molar-refractivity contribution < 1.29 is 4.74 Å². The summed E-state index contributed by atoms with van der Waals surface area (Å²) in [5.74, 6) is 1.67. The Kier molecular flexibility index (Phi) is 9.57. The Hall–Kier alpha value is -1.80. The van der Waals surface area contributed by atoms with Crippen molar-refractivity contribution in [2.45, 2.75) is 24.7 Å². The van der Waals surface area contributed by atoms with Gasteiger partial charge in [-0.3, -0.25) is 0 Å². The quantitative estimate of drug-likeness (QED) is 0.378. The Morgan fingerprint density at radius 1 is 1.14 bits per heavy atom. The number of aryl methyl sites for hydroxylation is 1. The first-order chi connectivity index (χ1) is 13.2. The van der Waals surface area contributed by atoms with Crippen molar-refractivity contribution in [3.63, 3.8) is 0 Å². The van der Waals surface area contributed by atoms with E-state index in [4.69, 9.17) is 16.3 Å². The van der Waals surface area contributed by atoms with Crippen LogP contribution in [0, 0.1) is 0 Å². The highest BCUT2D eigenvalue weighted by Gasteiger charge is 2.05. The van der Waals surface area contributed by atoms with Gasteiger partial charge in [0.05, 0.1) is 5.02 Å². The normalized spacial score (nSPS) is 10.5. The number of aromatic nitrogens is 4. The van der Waals surface area contributed by atoms with Crippen LogP contribution in [0.1, 0.15) is 17.5 Å². The molecule has 0 radical (unpaired) electrons. The number of benzene rings is 2. The van der Waals surface area contributed by atoms with E-state index >= 15 is 0 Å². The summed E-state index contributed by atoms with van der Waals surface area (Å²) in [6.45, 7) is 2.20. The molecule has 0 saturated heterocycles. The van der Waals surface area contributed by atoms with Crippen molar-refractivity contribution in [2.24, 2.45) is 7.05 Å². The fraction of sp³-hybridized carbons (Fsp3) is 0.316. The minimum atomic E-state index is 0. The van der Waals surface area contributed by atoms with E-state index in [-0.39, 0.29) is 12.4 Å². The Morgan fingerprint density at radius 3 is 2.68 bits per heavy atom. The minimum absolute atomic E-state index is 0. The molecular weight excluding hydrogens is 417 g/mol. The van der Waals surface area contributed by atoms with Crippen LogP contribution in [0.5, 0.6) is 5.75 Å². The van der Waals surface area contributed by atoms with E-state index in [9.17, 15) is 0 Å². The molecule has 6 nitrogen and oxygen atoms in total. The minimum Gasteiger partial charge on any atom is -0.487 e. The number of tetrazole rings is 1. The zero-order valence-corrected chi connectivity index (χ0v) is 17.9. The van der Waals surface area contributed by atoms with Crippen molar-refractivity contribution in [2.75, 3.05) is 12.3 Å². The standard InChI is InChI=1S/C19H22ClN5OS.ClH/c1-25-19(22-23-24-25)27-11-5-10-21-13-16-8-9-18(17(20)12-16)26-14-15-6-3-2-4-7-15;/h2-4,6-9,12,21H,5,10-11,13-14H2,1H3;1H. The van der Waals surface area contributed by atoms with Crippen molar-refractivity contribution in [1.29, 1.82) is 0 Å². The second-order valence-electron chi connectivity index (χ2n) is 6.00. The predicted molar refractivity (Wildman–Crippen MR) is 115 cm³/mol. The molecule has 3 aromatic rings. The van der Waals surface area contributed by atoms with Crippen molar-refractivity contribution >= 4 is 35.8 Å². The van der Waals surface area contributed by atoms with E-state index in [1.54, 1.807) is 16.4 Å². The van der Waals surface area contributed by atoms with E-state index in [0.29, 0.717) is 17.4 Å². The maximum Gasteiger partial charge on any atom is 0.209 e. The number of nitrogens with zero attached hydrogens (tertiary/aromatic N) is 4. The molecule has 0 fully saturated rings. The molecule has 1 aromatic heterocycles. The van der Waals surface area contributed by atoms with Crippen LogP contribution < -0.4 is 10.1 Å². The van der Waals surface area contributed by atoms with Gasteiger partial charge in [-0.2, -0.15) is 0 Å². The van der Waals surface area contributed by atoms with Gasteiger partial charge in [0.2, 0.25) is 5.16 Å². The van der Waals surface area contributed by atoms with Crippen molar-refractivity contribution in [3.8, 4) is 5.75 Å². The van der Waals surface area contributed by atoms with Gasteiger partial charge < -0.3 is 10.1 Å². The maximum absolute atomic E-state index is 6.35. The number of hydrogen-bond donors (Lipinski definition) is 1. The molecule has 0 amide bonds. The monoisotopic (exact) mass is 439 g/mol. The molecular formula is C19H23Cl2N5OS. The van der Waals surface area contributed by atoms with Gasteiger partial charge in [0.15, 0.2) is 0 Å². The molecule has 2 aromatic carbocycles. The van der Waals surface area contributed by atoms with Crippen molar-refractivity contribution in [3.05, 3.63) is 64.7 Å². The summed E-state index contributed by atoms with van der Waals surface area (Å²) in [6, 6.07) is 16.0. The SMILES string of the molecule is Cl.Cn1nnnc1SCCCNCc1ccc(OCc2ccccc2)c(Cl)c1. The molecule has 150 valence electrons. The molecule has 0 aliphatic rings. The molecule has 1 heterocycles. The molecule has 0 unspecified atom stereocenters. The van der Waals surface area contributed by atoms with E-state index < -0.39 is 0 Å². The Balaban J connectivity index is 0.00000280. The third-order valence-electron chi connectivity index (χ3n) is 3.87. The van der Waals surface area contributed by atoms with Crippen LogP contribution in [0.15, 0.2) is 53.7 Å². The number of rotatable bonds is 10. The van der Waals surface area contributed by atoms with Gasteiger partial charge >= 0.3 is 0 Å². The molecule has 3 rings (SSSR count). The lowest BCUT2D eigenvalue weighted by Crippen LogP contribution is -2.15. The summed E-state index contributed by atoms with van der Waals surface area (Å²) >= 11 is 8.01. The molecule has 28 heavy (non-hydrogen) atoms. The van der Waals surface area contributed by atoms with E-state index in [2.05, 4.69) is 20.8 Å². The summed E-state index contributed by atoms with van der Waals surface area (Å²) in [6.07, 6.45) is 1.03. The third kappa shape index (κ3) is 6.98. The van der Waals surface area contributed by atoms with Crippen LogP contribution in [-0.4, -0.2) is 32.5 Å². The number of thioether (sulfide) groups is 1. The van der Waals surface area contributed by atoms with Gasteiger partial charge in [-0.25, -0.2) is 4.68 Å². The molecule has 0 aliphatic carbocycles. The van der Waals surface area contributed by atoms with Crippen LogP contribution in [0.25, 0.3) is 0 Å². The van der Waals surface area contributed by atoms with Crippen LogP contribution in [0.4, 0.5) is 0 Å². The van der Waals surface area contributed by atoms with Crippen LogP contribution in [0.2, 0.25) is 5.02 Å². The number of halogens is 2. The summed E-state index contributed by atoms with van der Waals surface area (Å²) < 4.78 is 7.49. The Morgan fingerprint density at radius 2 is 1.96 bits per heavy atom. The smallest absolute Gasteiger partial charge is 0.209 e. The molecule has 0 spiro atoms. The van der Waals surface area contributed by atoms with Crippen molar-refractivity contribution in [1.82, 2.24) is 25.5 Å². The van der Waals surface area contributed by atoms with Crippen LogP contribution >= 0.6 is 35.8 Å². The van der Waals surface area contributed by atoms with Gasteiger partial charge in [-0.1, -0.05) is 59.8 Å². The number of ether oxygens (including phenoxy) is 1. The average molecular weight is 440 g/mol. The fourth-order valence-electron chi connectivity index (χ4n) is 2.44. The number of hydrogen-bond acceptors (Lipinski definition) is 6. The molecule has 0 atom stereocenters. The first-order valence-electron chi connectivity index (χ1n) is 8.73. The summed E-state index contributed by atoms with van der Waals surface area (Å²) in [7, 11) is 1.84. The zero-order chi connectivity index (χ0) is 18.9. The van der Waals surface area contributed by atoms with Crippen LogP contribution in [0.3, 0.4) is 0 Å². The zero-order valence-electron chi connectivity index (χ0n) is 15.5. The summed E-state index contributed by atoms with van der Waals surface area (Å²) in [5, 5.41) is 16.3. The third-order valence-corrected chi connectivity index (χ3v) is 5.27. The largest absolute Gasteiger partial charge is 0.487 e. The molecule has 1 N–H and O–H groups in total. The lowest BCUT2D eigenvalue weighted by molar-refractivity contribution is 0.306. The lowest BCUT2D eigenvalue weighted by Gasteiger charge is -2.10. The topological polar surface area (TPSA) is 64.9 Å². The summed E-state index contributed by atoms with van der Waals surface area (Å²) in [5.41, 5.74) is 2.26. The van der Waals surface area contributed by atoms with Gasteiger partial charge in [0.1, 0.15) is 12.4 Å². The fourth-order valence-corrected chi connectivity index (χ4v) is 3.49. The Labute approximate surface area is 180 Å². The highest BCUT2D eigenvalue weighted by molar-refractivity contribution is 7.99. The average Bonchev–Trinajstić information content (AvgIpc) is 3.09. The molecule has 9 heteroatoms. The van der Waals surface area contributed by atoms with Gasteiger partial charge in [0, 0.05) is 19.3 Å². The van der Waals surface area contributed by atoms with E-state index in [1.807, 2.05) is 55.6 Å². The van der Waals surface area contributed by atoms with Gasteiger partial charge in [0.25, 0.3) is 0 Å². The van der Waals surface area contributed by atoms with Gasteiger partial charge in [-0.05, 0) is 46.7 Å². The highest BCUT2D eigenvalue weighted by Crippen LogP contribution is 2.26. The second kappa shape index (κ2) is 11.9. The predicted octanol–water partition coefficient (Wildman–Crippen LogP) is 4.14. The van der Waals surface area contributed by atoms with Crippen LogP contribution in [-0.2, 0) is 20.2 Å². The molecule has 0 saturated carbocycles. The Bertz CT molecular complexity index is 847. The number of nitrogens with one attached hydrogen (secondary N) is 1.